The SMILES string of the molecule is C=CCCC(NC)c1coc(C)c1. The van der Waals surface area contributed by atoms with Crippen LogP contribution in [0.3, 0.4) is 0 Å². The Bertz CT molecular complexity index is 265. The van der Waals surface area contributed by atoms with E-state index in [2.05, 4.69) is 18.0 Å². The molecule has 0 radical (unpaired) electrons. The van der Waals surface area contributed by atoms with Gasteiger partial charge in [-0.3, -0.25) is 0 Å². The highest BCUT2D eigenvalue weighted by Crippen LogP contribution is 2.20. The largest absolute Gasteiger partial charge is 0.469 e. The van der Waals surface area contributed by atoms with Crippen molar-refractivity contribution in [2.24, 2.45) is 0 Å². The van der Waals surface area contributed by atoms with Crippen LogP contribution < -0.4 is 5.32 Å². The standard InChI is InChI=1S/C11H17NO/c1-4-5-6-11(12-3)10-7-9(2)13-8-10/h4,7-8,11-12H,1,5-6H2,2-3H3. The van der Waals surface area contributed by atoms with Crippen molar-refractivity contribution < 1.29 is 4.42 Å². The normalized spacial score (nSPS) is 12.8. The van der Waals surface area contributed by atoms with E-state index in [1.807, 2.05) is 26.3 Å². The van der Waals surface area contributed by atoms with Gasteiger partial charge in [0.05, 0.1) is 6.26 Å². The maximum Gasteiger partial charge on any atom is 0.101 e. The van der Waals surface area contributed by atoms with E-state index in [9.17, 15) is 0 Å². The van der Waals surface area contributed by atoms with Crippen LogP contribution in [0.1, 0.15) is 30.2 Å². The molecule has 0 saturated carbocycles. The molecule has 72 valence electrons. The van der Waals surface area contributed by atoms with Crippen molar-refractivity contribution in [3.8, 4) is 0 Å². The van der Waals surface area contributed by atoms with Crippen molar-refractivity contribution in [1.29, 1.82) is 0 Å². The molecule has 0 aliphatic carbocycles. The number of hydrogen-bond acceptors (Lipinski definition) is 2. The van der Waals surface area contributed by atoms with Gasteiger partial charge in [-0.05, 0) is 32.9 Å². The van der Waals surface area contributed by atoms with Crippen molar-refractivity contribution in [2.45, 2.75) is 25.8 Å². The van der Waals surface area contributed by atoms with E-state index in [4.69, 9.17) is 4.42 Å². The Morgan fingerprint density at radius 3 is 2.92 bits per heavy atom. The summed E-state index contributed by atoms with van der Waals surface area (Å²) in [7, 11) is 1.97. The second kappa shape index (κ2) is 4.87. The van der Waals surface area contributed by atoms with E-state index >= 15 is 0 Å². The van der Waals surface area contributed by atoms with Crippen LogP contribution in [0.4, 0.5) is 0 Å². The second-order valence-corrected chi connectivity index (χ2v) is 3.20. The number of furan rings is 1. The first-order valence-corrected chi connectivity index (χ1v) is 4.61. The van der Waals surface area contributed by atoms with Gasteiger partial charge < -0.3 is 9.73 Å². The molecule has 2 heteroatoms. The minimum absolute atomic E-state index is 0.385. The number of aryl methyl sites for hydroxylation is 1. The van der Waals surface area contributed by atoms with Crippen LogP contribution in [-0.4, -0.2) is 7.05 Å². The van der Waals surface area contributed by atoms with Gasteiger partial charge in [0.25, 0.3) is 0 Å². The molecule has 1 aromatic heterocycles. The van der Waals surface area contributed by atoms with E-state index in [0.717, 1.165) is 18.6 Å². The Morgan fingerprint density at radius 1 is 1.69 bits per heavy atom. The fraction of sp³-hybridized carbons (Fsp3) is 0.455. The molecule has 0 spiro atoms. The van der Waals surface area contributed by atoms with Gasteiger partial charge in [0, 0.05) is 11.6 Å². The number of hydrogen-bond donors (Lipinski definition) is 1. The number of nitrogens with one attached hydrogen (secondary N) is 1. The van der Waals surface area contributed by atoms with Gasteiger partial charge in [0.2, 0.25) is 0 Å². The van der Waals surface area contributed by atoms with Crippen LogP contribution in [0.5, 0.6) is 0 Å². The fourth-order valence-electron chi connectivity index (χ4n) is 1.41. The Kier molecular flexibility index (Phi) is 3.77. The predicted molar refractivity (Wildman–Crippen MR) is 54.7 cm³/mol. The lowest BCUT2D eigenvalue weighted by molar-refractivity contribution is 0.512. The average Bonchev–Trinajstić information content (AvgIpc) is 2.54. The highest BCUT2D eigenvalue weighted by atomic mass is 16.3. The molecule has 1 aromatic rings. The van der Waals surface area contributed by atoms with Crippen molar-refractivity contribution in [1.82, 2.24) is 5.32 Å². The highest BCUT2D eigenvalue weighted by Gasteiger charge is 2.09. The Morgan fingerprint density at radius 2 is 2.46 bits per heavy atom. The summed E-state index contributed by atoms with van der Waals surface area (Å²) in [6, 6.07) is 2.46. The summed E-state index contributed by atoms with van der Waals surface area (Å²) in [5, 5.41) is 3.26. The second-order valence-electron chi connectivity index (χ2n) is 3.20. The van der Waals surface area contributed by atoms with Gasteiger partial charge >= 0.3 is 0 Å². The summed E-state index contributed by atoms with van der Waals surface area (Å²) in [6.07, 6.45) is 5.85. The van der Waals surface area contributed by atoms with Crippen LogP contribution in [0, 0.1) is 6.92 Å². The summed E-state index contributed by atoms with van der Waals surface area (Å²) in [5.41, 5.74) is 1.22. The van der Waals surface area contributed by atoms with Crippen LogP contribution in [0.2, 0.25) is 0 Å². The molecule has 13 heavy (non-hydrogen) atoms. The van der Waals surface area contributed by atoms with Crippen LogP contribution in [0.25, 0.3) is 0 Å². The first-order chi connectivity index (χ1) is 6.27. The van der Waals surface area contributed by atoms with E-state index in [-0.39, 0.29) is 0 Å². The topological polar surface area (TPSA) is 25.2 Å². The van der Waals surface area contributed by atoms with Crippen LogP contribution in [0.15, 0.2) is 29.4 Å². The molecule has 1 N–H and O–H groups in total. The molecule has 0 fully saturated rings. The number of rotatable bonds is 5. The zero-order valence-electron chi connectivity index (χ0n) is 8.34. The molecule has 0 saturated heterocycles. The third-order valence-electron chi connectivity index (χ3n) is 2.16. The van der Waals surface area contributed by atoms with E-state index in [1.54, 1.807) is 0 Å². The van der Waals surface area contributed by atoms with Gasteiger partial charge in [-0.25, -0.2) is 0 Å². The summed E-state index contributed by atoms with van der Waals surface area (Å²) < 4.78 is 5.26. The van der Waals surface area contributed by atoms with Gasteiger partial charge in [-0.15, -0.1) is 6.58 Å². The average molecular weight is 179 g/mol. The molecule has 0 aliphatic rings. The zero-order chi connectivity index (χ0) is 9.68. The summed E-state index contributed by atoms with van der Waals surface area (Å²) >= 11 is 0. The molecule has 0 aliphatic heterocycles. The third-order valence-corrected chi connectivity index (χ3v) is 2.16. The van der Waals surface area contributed by atoms with E-state index < -0.39 is 0 Å². The molecule has 0 aromatic carbocycles. The fourth-order valence-corrected chi connectivity index (χ4v) is 1.41. The van der Waals surface area contributed by atoms with Crippen LogP contribution >= 0.6 is 0 Å². The lowest BCUT2D eigenvalue weighted by Gasteiger charge is -2.12. The minimum Gasteiger partial charge on any atom is -0.469 e. The molecule has 1 rings (SSSR count). The Hall–Kier alpha value is -1.02. The molecular weight excluding hydrogens is 162 g/mol. The predicted octanol–water partition coefficient (Wildman–Crippen LogP) is 2.81. The first-order valence-electron chi connectivity index (χ1n) is 4.61. The lowest BCUT2D eigenvalue weighted by atomic mass is 10.1. The Labute approximate surface area is 79.6 Å². The summed E-state index contributed by atoms with van der Waals surface area (Å²) in [5.74, 6) is 0.967. The summed E-state index contributed by atoms with van der Waals surface area (Å²) in [4.78, 5) is 0. The van der Waals surface area contributed by atoms with Crippen molar-refractivity contribution in [3.05, 3.63) is 36.3 Å². The van der Waals surface area contributed by atoms with Crippen LogP contribution in [-0.2, 0) is 0 Å². The molecule has 1 atom stereocenters. The summed E-state index contributed by atoms with van der Waals surface area (Å²) in [6.45, 7) is 5.68. The van der Waals surface area contributed by atoms with Crippen molar-refractivity contribution >= 4 is 0 Å². The van der Waals surface area contributed by atoms with Crippen molar-refractivity contribution in [2.75, 3.05) is 7.05 Å². The van der Waals surface area contributed by atoms with Gasteiger partial charge in [0.1, 0.15) is 5.76 Å². The van der Waals surface area contributed by atoms with Gasteiger partial charge in [-0.1, -0.05) is 6.08 Å². The molecule has 2 nitrogen and oxygen atoms in total. The van der Waals surface area contributed by atoms with Gasteiger partial charge in [0.15, 0.2) is 0 Å². The van der Waals surface area contributed by atoms with Crippen molar-refractivity contribution in [3.63, 3.8) is 0 Å². The van der Waals surface area contributed by atoms with E-state index in [0.29, 0.717) is 6.04 Å². The first kappa shape index (κ1) is 10.1. The maximum atomic E-state index is 5.26. The monoisotopic (exact) mass is 179 g/mol. The maximum absolute atomic E-state index is 5.26. The number of allylic oxidation sites excluding steroid dienone is 1. The molecule has 0 amide bonds. The third kappa shape index (κ3) is 2.74. The smallest absolute Gasteiger partial charge is 0.101 e. The molecular formula is C11H17NO. The highest BCUT2D eigenvalue weighted by molar-refractivity contribution is 5.16. The zero-order valence-corrected chi connectivity index (χ0v) is 8.34. The lowest BCUT2D eigenvalue weighted by Crippen LogP contribution is -2.15. The molecule has 1 heterocycles. The van der Waals surface area contributed by atoms with Gasteiger partial charge in [-0.2, -0.15) is 0 Å². The quantitative estimate of drug-likeness (QED) is 0.703. The minimum atomic E-state index is 0.385. The molecule has 1 unspecified atom stereocenters. The Balaban J connectivity index is 2.60. The van der Waals surface area contributed by atoms with E-state index in [1.165, 1.54) is 5.56 Å². The molecule has 0 bridgehead atoms.